The van der Waals surface area contributed by atoms with E-state index in [-0.39, 0.29) is 0 Å². The van der Waals surface area contributed by atoms with E-state index in [9.17, 15) is 0 Å². The molecule has 4 aromatic carbocycles. The molecule has 0 aromatic heterocycles. The predicted molar refractivity (Wildman–Crippen MR) is 130 cm³/mol. The first-order valence-electron chi connectivity index (χ1n) is 9.83. The molecule has 0 radical (unpaired) electrons. The first-order valence-corrected chi connectivity index (χ1v) is 10.6. The Morgan fingerprint density at radius 1 is 0.903 bits per heavy atom. The van der Waals surface area contributed by atoms with Crippen LogP contribution in [-0.4, -0.2) is 13.3 Å². The van der Waals surface area contributed by atoms with E-state index in [1.807, 2.05) is 55.5 Å². The lowest BCUT2D eigenvalue weighted by molar-refractivity contribution is 0.286. The molecule has 0 unspecified atom stereocenters. The highest BCUT2D eigenvalue weighted by atomic mass is 35.5. The second-order valence-corrected chi connectivity index (χ2v) is 7.92. The molecule has 0 bridgehead atoms. The topological polar surface area (TPSA) is 30.8 Å². The quantitative estimate of drug-likeness (QED) is 0.281. The van der Waals surface area contributed by atoms with Gasteiger partial charge in [0, 0.05) is 11.2 Å². The van der Waals surface area contributed by atoms with Crippen molar-refractivity contribution >= 4 is 45.9 Å². The average Bonchev–Trinajstić information content (AvgIpc) is 2.79. The molecule has 0 saturated heterocycles. The SMILES string of the molecule is COc1cc(C=Nc2cccc(Cl)c2C)cc(Cl)c1OCc1cccc2ccccc12. The van der Waals surface area contributed by atoms with Crippen LogP contribution in [0.2, 0.25) is 10.0 Å². The lowest BCUT2D eigenvalue weighted by Gasteiger charge is -2.14. The molecule has 0 spiro atoms. The standard InChI is InChI=1S/C26H21Cl2NO2/c1-17-22(27)11-6-12-24(17)29-15-18-13-23(28)26(25(14-18)30-2)31-16-20-9-5-8-19-7-3-4-10-21(19)20/h3-15H,16H2,1-2H3. The molecular weight excluding hydrogens is 429 g/mol. The second kappa shape index (κ2) is 9.42. The maximum atomic E-state index is 6.55. The Kier molecular flexibility index (Phi) is 6.45. The van der Waals surface area contributed by atoms with E-state index in [0.717, 1.165) is 27.8 Å². The van der Waals surface area contributed by atoms with E-state index >= 15 is 0 Å². The van der Waals surface area contributed by atoms with Crippen molar-refractivity contribution in [3.63, 3.8) is 0 Å². The average molecular weight is 450 g/mol. The molecule has 0 N–H and O–H groups in total. The monoisotopic (exact) mass is 449 g/mol. The molecule has 4 rings (SSSR count). The summed E-state index contributed by atoms with van der Waals surface area (Å²) in [5.74, 6) is 1.06. The zero-order valence-electron chi connectivity index (χ0n) is 17.2. The van der Waals surface area contributed by atoms with Gasteiger partial charge in [0.2, 0.25) is 0 Å². The van der Waals surface area contributed by atoms with Crippen LogP contribution in [0.15, 0.2) is 77.8 Å². The first-order chi connectivity index (χ1) is 15.1. The number of methoxy groups -OCH3 is 1. The molecule has 4 aromatic rings. The predicted octanol–water partition coefficient (Wildman–Crippen LogP) is 7.79. The van der Waals surface area contributed by atoms with Gasteiger partial charge < -0.3 is 9.47 Å². The summed E-state index contributed by atoms with van der Waals surface area (Å²) in [7, 11) is 1.60. The van der Waals surface area contributed by atoms with E-state index < -0.39 is 0 Å². The second-order valence-electron chi connectivity index (χ2n) is 7.10. The molecule has 0 aliphatic heterocycles. The minimum Gasteiger partial charge on any atom is -0.493 e. The van der Waals surface area contributed by atoms with Crippen molar-refractivity contribution < 1.29 is 9.47 Å². The largest absolute Gasteiger partial charge is 0.493 e. The minimum absolute atomic E-state index is 0.382. The van der Waals surface area contributed by atoms with Gasteiger partial charge in [-0.2, -0.15) is 0 Å². The van der Waals surface area contributed by atoms with Crippen LogP contribution in [-0.2, 0) is 6.61 Å². The van der Waals surface area contributed by atoms with Gasteiger partial charge in [-0.3, -0.25) is 4.99 Å². The molecule has 0 heterocycles. The van der Waals surface area contributed by atoms with Crippen molar-refractivity contribution in [1.29, 1.82) is 0 Å². The van der Waals surface area contributed by atoms with Crippen molar-refractivity contribution in [2.24, 2.45) is 4.99 Å². The Hall–Kier alpha value is -3.01. The molecule has 0 aliphatic rings. The third-order valence-electron chi connectivity index (χ3n) is 5.10. The summed E-state index contributed by atoms with van der Waals surface area (Å²) >= 11 is 12.7. The third-order valence-corrected chi connectivity index (χ3v) is 5.79. The number of ether oxygens (including phenoxy) is 2. The van der Waals surface area contributed by atoms with Gasteiger partial charge in [0.25, 0.3) is 0 Å². The molecule has 156 valence electrons. The van der Waals surface area contributed by atoms with Crippen molar-refractivity contribution in [2.75, 3.05) is 7.11 Å². The Labute approximate surface area is 191 Å². The van der Waals surface area contributed by atoms with Crippen molar-refractivity contribution in [3.05, 3.63) is 99.5 Å². The number of hydrogen-bond donors (Lipinski definition) is 0. The van der Waals surface area contributed by atoms with Crippen LogP contribution in [0.5, 0.6) is 11.5 Å². The van der Waals surface area contributed by atoms with Crippen LogP contribution in [0.1, 0.15) is 16.7 Å². The van der Waals surface area contributed by atoms with Gasteiger partial charge in [0.05, 0.1) is 17.8 Å². The van der Waals surface area contributed by atoms with E-state index in [4.69, 9.17) is 32.7 Å². The summed E-state index contributed by atoms with van der Waals surface area (Å²) in [6.07, 6.45) is 1.74. The lowest BCUT2D eigenvalue weighted by atomic mass is 10.1. The summed E-state index contributed by atoms with van der Waals surface area (Å²) in [6.45, 7) is 2.32. The number of aliphatic imine (C=N–C) groups is 1. The van der Waals surface area contributed by atoms with Gasteiger partial charge in [0.1, 0.15) is 6.61 Å². The molecule has 0 saturated carbocycles. The number of fused-ring (bicyclic) bond motifs is 1. The van der Waals surface area contributed by atoms with E-state index in [2.05, 4.69) is 29.3 Å². The van der Waals surface area contributed by atoms with Crippen LogP contribution in [0.3, 0.4) is 0 Å². The summed E-state index contributed by atoms with van der Waals surface area (Å²) in [6, 6.07) is 23.7. The van der Waals surface area contributed by atoms with Gasteiger partial charge in [-0.1, -0.05) is 71.7 Å². The maximum Gasteiger partial charge on any atom is 0.180 e. The highest BCUT2D eigenvalue weighted by Gasteiger charge is 2.13. The fraction of sp³-hybridized carbons (Fsp3) is 0.115. The fourth-order valence-electron chi connectivity index (χ4n) is 3.40. The van der Waals surface area contributed by atoms with Crippen LogP contribution < -0.4 is 9.47 Å². The first kappa shape index (κ1) is 21.2. The zero-order valence-corrected chi connectivity index (χ0v) is 18.7. The van der Waals surface area contributed by atoms with Crippen molar-refractivity contribution in [3.8, 4) is 11.5 Å². The minimum atomic E-state index is 0.382. The van der Waals surface area contributed by atoms with Crippen LogP contribution in [0, 0.1) is 6.92 Å². The Morgan fingerprint density at radius 2 is 1.68 bits per heavy atom. The highest BCUT2D eigenvalue weighted by Crippen LogP contribution is 2.37. The fourth-order valence-corrected chi connectivity index (χ4v) is 3.85. The van der Waals surface area contributed by atoms with Crippen LogP contribution >= 0.6 is 23.2 Å². The number of hydrogen-bond acceptors (Lipinski definition) is 3. The summed E-state index contributed by atoms with van der Waals surface area (Å²) in [4.78, 5) is 4.55. The smallest absolute Gasteiger partial charge is 0.180 e. The highest BCUT2D eigenvalue weighted by molar-refractivity contribution is 6.32. The van der Waals surface area contributed by atoms with E-state index in [0.29, 0.717) is 28.2 Å². The Balaban J connectivity index is 1.59. The third kappa shape index (κ3) is 4.68. The van der Waals surface area contributed by atoms with Gasteiger partial charge in [0.15, 0.2) is 11.5 Å². The zero-order chi connectivity index (χ0) is 21.8. The van der Waals surface area contributed by atoms with Crippen molar-refractivity contribution in [1.82, 2.24) is 0 Å². The van der Waals surface area contributed by atoms with Crippen molar-refractivity contribution in [2.45, 2.75) is 13.5 Å². The van der Waals surface area contributed by atoms with E-state index in [1.54, 1.807) is 13.3 Å². The van der Waals surface area contributed by atoms with E-state index in [1.165, 1.54) is 5.39 Å². The number of rotatable bonds is 6. The van der Waals surface area contributed by atoms with Gasteiger partial charge >= 0.3 is 0 Å². The van der Waals surface area contributed by atoms with Gasteiger partial charge in [-0.25, -0.2) is 0 Å². The molecule has 3 nitrogen and oxygen atoms in total. The molecule has 0 amide bonds. The maximum absolute atomic E-state index is 6.55. The number of nitrogens with zero attached hydrogens (tertiary/aromatic N) is 1. The molecular formula is C26H21Cl2NO2. The summed E-state index contributed by atoms with van der Waals surface area (Å²) in [5, 5.41) is 3.47. The van der Waals surface area contributed by atoms with Crippen LogP contribution in [0.4, 0.5) is 5.69 Å². The normalized spacial score (nSPS) is 11.2. The Bertz CT molecular complexity index is 1260. The van der Waals surface area contributed by atoms with Gasteiger partial charge in [-0.05, 0) is 58.7 Å². The lowest BCUT2D eigenvalue weighted by Crippen LogP contribution is -2.00. The summed E-state index contributed by atoms with van der Waals surface area (Å²) < 4.78 is 11.6. The van der Waals surface area contributed by atoms with Gasteiger partial charge in [-0.15, -0.1) is 0 Å². The summed E-state index contributed by atoms with van der Waals surface area (Å²) in [5.41, 5.74) is 3.62. The molecule has 0 aliphatic carbocycles. The molecule has 5 heteroatoms. The number of benzene rings is 4. The molecule has 0 atom stereocenters. The molecule has 0 fully saturated rings. The number of halogens is 2. The van der Waals surface area contributed by atoms with Crippen LogP contribution in [0.25, 0.3) is 10.8 Å². The Morgan fingerprint density at radius 3 is 2.52 bits per heavy atom. The molecule has 31 heavy (non-hydrogen) atoms.